The van der Waals surface area contributed by atoms with Crippen LogP contribution in [-0.4, -0.2) is 53.7 Å². The van der Waals surface area contributed by atoms with Gasteiger partial charge in [0.2, 0.25) is 5.91 Å². The second-order valence-corrected chi connectivity index (χ2v) is 6.53. The molecule has 1 fully saturated rings. The topological polar surface area (TPSA) is 69.7 Å². The van der Waals surface area contributed by atoms with Crippen LogP contribution in [0.4, 0.5) is 0 Å². The SMILES string of the molecule is CC(=O)N1CCN(C(=O)C(=O)NC(c2ccccc2)c2ccccc2)CC1. The molecule has 0 radical (unpaired) electrons. The number of nitrogens with one attached hydrogen (secondary N) is 1. The molecule has 1 N–H and O–H groups in total. The third-order valence-corrected chi connectivity index (χ3v) is 4.75. The molecule has 6 nitrogen and oxygen atoms in total. The molecule has 0 atom stereocenters. The molecule has 0 aliphatic carbocycles. The number of hydrogen-bond acceptors (Lipinski definition) is 3. The summed E-state index contributed by atoms with van der Waals surface area (Å²) in [4.78, 5) is 39.8. The van der Waals surface area contributed by atoms with Crippen molar-refractivity contribution in [2.24, 2.45) is 0 Å². The van der Waals surface area contributed by atoms with Crippen molar-refractivity contribution in [3.05, 3.63) is 71.8 Å². The number of nitrogens with zero attached hydrogens (tertiary/aromatic N) is 2. The highest BCUT2D eigenvalue weighted by Gasteiger charge is 2.28. The van der Waals surface area contributed by atoms with Gasteiger partial charge in [-0.15, -0.1) is 0 Å². The second-order valence-electron chi connectivity index (χ2n) is 6.53. The standard InChI is InChI=1S/C21H23N3O3/c1-16(25)23-12-14-24(15-13-23)21(27)20(26)22-19(17-8-4-2-5-9-17)18-10-6-3-7-11-18/h2-11,19H,12-15H2,1H3,(H,22,26). The van der Waals surface area contributed by atoms with Gasteiger partial charge in [-0.3, -0.25) is 14.4 Å². The number of carbonyl (C=O) groups excluding carboxylic acids is 3. The van der Waals surface area contributed by atoms with Crippen molar-refractivity contribution in [3.8, 4) is 0 Å². The molecule has 27 heavy (non-hydrogen) atoms. The van der Waals surface area contributed by atoms with E-state index in [4.69, 9.17) is 0 Å². The van der Waals surface area contributed by atoms with E-state index in [0.29, 0.717) is 26.2 Å². The van der Waals surface area contributed by atoms with Crippen LogP contribution in [0.15, 0.2) is 60.7 Å². The predicted octanol–water partition coefficient (Wildman–Crippen LogP) is 1.58. The van der Waals surface area contributed by atoms with Gasteiger partial charge >= 0.3 is 11.8 Å². The summed E-state index contributed by atoms with van der Waals surface area (Å²) >= 11 is 0. The summed E-state index contributed by atoms with van der Waals surface area (Å²) in [7, 11) is 0. The summed E-state index contributed by atoms with van der Waals surface area (Å²) < 4.78 is 0. The summed E-state index contributed by atoms with van der Waals surface area (Å²) in [5, 5.41) is 2.87. The van der Waals surface area contributed by atoms with Crippen LogP contribution in [-0.2, 0) is 14.4 Å². The molecule has 140 valence electrons. The molecular weight excluding hydrogens is 342 g/mol. The van der Waals surface area contributed by atoms with Crippen LogP contribution in [0.5, 0.6) is 0 Å². The van der Waals surface area contributed by atoms with Gasteiger partial charge < -0.3 is 15.1 Å². The second kappa shape index (κ2) is 8.49. The lowest BCUT2D eigenvalue weighted by Gasteiger charge is -2.34. The van der Waals surface area contributed by atoms with Gasteiger partial charge in [0.1, 0.15) is 0 Å². The van der Waals surface area contributed by atoms with Gasteiger partial charge in [-0.25, -0.2) is 0 Å². The van der Waals surface area contributed by atoms with Crippen molar-refractivity contribution in [3.63, 3.8) is 0 Å². The van der Waals surface area contributed by atoms with E-state index in [-0.39, 0.29) is 5.91 Å². The highest BCUT2D eigenvalue weighted by molar-refractivity contribution is 6.35. The predicted molar refractivity (Wildman–Crippen MR) is 102 cm³/mol. The molecule has 0 saturated carbocycles. The number of hydrogen-bond donors (Lipinski definition) is 1. The van der Waals surface area contributed by atoms with Gasteiger partial charge in [0.15, 0.2) is 0 Å². The van der Waals surface area contributed by atoms with Crippen molar-refractivity contribution in [2.75, 3.05) is 26.2 Å². The first-order valence-corrected chi connectivity index (χ1v) is 9.01. The van der Waals surface area contributed by atoms with E-state index in [1.807, 2.05) is 60.7 Å². The fraction of sp³-hybridized carbons (Fsp3) is 0.286. The third kappa shape index (κ3) is 4.53. The molecule has 3 amide bonds. The van der Waals surface area contributed by atoms with E-state index in [0.717, 1.165) is 11.1 Å². The maximum Gasteiger partial charge on any atom is 0.312 e. The normalized spacial score (nSPS) is 14.1. The molecule has 0 unspecified atom stereocenters. The quantitative estimate of drug-likeness (QED) is 0.840. The van der Waals surface area contributed by atoms with Crippen LogP contribution in [0.2, 0.25) is 0 Å². The molecule has 1 aliphatic rings. The zero-order chi connectivity index (χ0) is 19.2. The fourth-order valence-electron chi connectivity index (χ4n) is 3.21. The Morgan fingerprint density at radius 3 is 1.67 bits per heavy atom. The number of rotatable bonds is 3. The van der Waals surface area contributed by atoms with E-state index in [1.54, 1.807) is 4.90 Å². The van der Waals surface area contributed by atoms with Crippen LogP contribution in [0.3, 0.4) is 0 Å². The molecule has 0 aromatic heterocycles. The zero-order valence-corrected chi connectivity index (χ0v) is 15.3. The molecule has 0 spiro atoms. The van der Waals surface area contributed by atoms with Crippen LogP contribution in [0.25, 0.3) is 0 Å². The highest BCUT2D eigenvalue weighted by Crippen LogP contribution is 2.21. The Morgan fingerprint density at radius 2 is 1.22 bits per heavy atom. The first kappa shape index (κ1) is 18.6. The third-order valence-electron chi connectivity index (χ3n) is 4.75. The van der Waals surface area contributed by atoms with Crippen molar-refractivity contribution < 1.29 is 14.4 Å². The summed E-state index contributed by atoms with van der Waals surface area (Å²) in [5.41, 5.74) is 1.82. The van der Waals surface area contributed by atoms with Crippen LogP contribution >= 0.6 is 0 Å². The number of benzene rings is 2. The summed E-state index contributed by atoms with van der Waals surface area (Å²) in [6.07, 6.45) is 0. The van der Waals surface area contributed by atoms with Crippen molar-refractivity contribution in [1.82, 2.24) is 15.1 Å². The molecular formula is C21H23N3O3. The van der Waals surface area contributed by atoms with Crippen LogP contribution in [0, 0.1) is 0 Å². The number of carbonyl (C=O) groups is 3. The Kier molecular flexibility index (Phi) is 5.86. The lowest BCUT2D eigenvalue weighted by Crippen LogP contribution is -2.53. The minimum absolute atomic E-state index is 0.0141. The molecule has 3 rings (SSSR count). The van der Waals surface area contributed by atoms with Gasteiger partial charge in [-0.1, -0.05) is 60.7 Å². The van der Waals surface area contributed by atoms with Gasteiger partial charge in [0, 0.05) is 33.1 Å². The number of amides is 3. The Bertz CT molecular complexity index is 760. The minimum Gasteiger partial charge on any atom is -0.339 e. The van der Waals surface area contributed by atoms with Gasteiger partial charge in [0.25, 0.3) is 0 Å². The molecule has 0 bridgehead atoms. The number of piperazine rings is 1. The smallest absolute Gasteiger partial charge is 0.312 e. The van der Waals surface area contributed by atoms with Crippen molar-refractivity contribution in [1.29, 1.82) is 0 Å². The lowest BCUT2D eigenvalue weighted by atomic mass is 9.98. The Balaban J connectivity index is 1.71. The summed E-state index contributed by atoms with van der Waals surface area (Å²) in [6, 6.07) is 18.7. The Morgan fingerprint density at radius 1 is 0.778 bits per heavy atom. The Labute approximate surface area is 158 Å². The zero-order valence-electron chi connectivity index (χ0n) is 15.3. The maximum absolute atomic E-state index is 12.6. The highest BCUT2D eigenvalue weighted by atomic mass is 16.2. The van der Waals surface area contributed by atoms with Gasteiger partial charge in [0.05, 0.1) is 6.04 Å². The Hall–Kier alpha value is -3.15. The van der Waals surface area contributed by atoms with E-state index < -0.39 is 17.9 Å². The van der Waals surface area contributed by atoms with Crippen molar-refractivity contribution >= 4 is 17.7 Å². The monoisotopic (exact) mass is 365 g/mol. The van der Waals surface area contributed by atoms with E-state index in [1.165, 1.54) is 11.8 Å². The molecule has 2 aromatic rings. The lowest BCUT2D eigenvalue weighted by molar-refractivity contribution is -0.148. The summed E-state index contributed by atoms with van der Waals surface area (Å²) in [5.74, 6) is -1.21. The van der Waals surface area contributed by atoms with Gasteiger partial charge in [-0.05, 0) is 11.1 Å². The first-order valence-electron chi connectivity index (χ1n) is 9.01. The minimum atomic E-state index is -0.635. The van der Waals surface area contributed by atoms with Gasteiger partial charge in [-0.2, -0.15) is 0 Å². The maximum atomic E-state index is 12.6. The van der Waals surface area contributed by atoms with Crippen molar-refractivity contribution in [2.45, 2.75) is 13.0 Å². The summed E-state index contributed by atoms with van der Waals surface area (Å²) in [6.45, 7) is 3.15. The van der Waals surface area contributed by atoms with E-state index >= 15 is 0 Å². The molecule has 1 aliphatic heterocycles. The average molecular weight is 365 g/mol. The van der Waals surface area contributed by atoms with Crippen LogP contribution in [0.1, 0.15) is 24.1 Å². The molecule has 6 heteroatoms. The fourth-order valence-corrected chi connectivity index (χ4v) is 3.21. The van der Waals surface area contributed by atoms with E-state index in [9.17, 15) is 14.4 Å². The van der Waals surface area contributed by atoms with E-state index in [2.05, 4.69) is 5.32 Å². The van der Waals surface area contributed by atoms with Crippen LogP contribution < -0.4 is 5.32 Å². The average Bonchev–Trinajstić information content (AvgIpc) is 2.72. The molecule has 2 aromatic carbocycles. The largest absolute Gasteiger partial charge is 0.339 e. The molecule has 1 heterocycles. The molecule has 1 saturated heterocycles. The first-order chi connectivity index (χ1) is 13.1.